The number of aliphatic hydroxyl groups is 1. The van der Waals surface area contributed by atoms with E-state index in [9.17, 15) is 27.9 Å². The number of carbonyl (C=O) groups excluding carboxylic acids is 2. The van der Waals surface area contributed by atoms with E-state index in [1.54, 1.807) is 31.2 Å². The number of anilines is 2. The summed E-state index contributed by atoms with van der Waals surface area (Å²) in [5.74, 6) is -4.66. The van der Waals surface area contributed by atoms with Gasteiger partial charge in [0.15, 0.2) is 0 Å². The van der Waals surface area contributed by atoms with E-state index in [0.29, 0.717) is 16.8 Å². The zero-order chi connectivity index (χ0) is 25.0. The van der Waals surface area contributed by atoms with Gasteiger partial charge in [0.2, 0.25) is 5.91 Å². The molecule has 0 aliphatic heterocycles. The highest BCUT2D eigenvalue weighted by Gasteiger charge is 2.37. The summed E-state index contributed by atoms with van der Waals surface area (Å²) in [5.41, 5.74) is 1.94. The average molecular weight is 470 g/mol. The van der Waals surface area contributed by atoms with Crippen LogP contribution in [0.5, 0.6) is 0 Å². The molecule has 8 heteroatoms. The number of halogens is 3. The van der Waals surface area contributed by atoms with Gasteiger partial charge in [-0.25, -0.2) is 4.39 Å². The molecule has 3 rings (SSSR count). The molecular formula is C26H25F3N2O3. The second-order valence-electron chi connectivity index (χ2n) is 8.12. The summed E-state index contributed by atoms with van der Waals surface area (Å²) in [4.78, 5) is 26.3. The minimum atomic E-state index is -3.38. The fraction of sp³-hybridized carbons (Fsp3) is 0.231. The average Bonchev–Trinajstić information content (AvgIpc) is 2.80. The van der Waals surface area contributed by atoms with Crippen LogP contribution >= 0.6 is 0 Å². The van der Waals surface area contributed by atoms with Gasteiger partial charge in [0, 0.05) is 23.9 Å². The van der Waals surface area contributed by atoms with Gasteiger partial charge >= 0.3 is 0 Å². The van der Waals surface area contributed by atoms with E-state index in [1.807, 2.05) is 0 Å². The molecule has 3 aromatic rings. The van der Waals surface area contributed by atoms with Crippen molar-refractivity contribution < 1.29 is 27.9 Å². The van der Waals surface area contributed by atoms with E-state index in [2.05, 4.69) is 5.32 Å². The lowest BCUT2D eigenvalue weighted by molar-refractivity contribution is -0.115. The first-order valence-electron chi connectivity index (χ1n) is 10.6. The lowest BCUT2D eigenvalue weighted by Gasteiger charge is -2.19. The molecule has 3 aromatic carbocycles. The Bertz CT molecular complexity index is 1180. The number of nitrogens with zero attached hydrogens (tertiary/aromatic N) is 1. The fourth-order valence-corrected chi connectivity index (χ4v) is 3.36. The quantitative estimate of drug-likeness (QED) is 0.507. The molecule has 1 atom stereocenters. The summed E-state index contributed by atoms with van der Waals surface area (Å²) < 4.78 is 41.8. The number of alkyl halides is 2. The van der Waals surface area contributed by atoms with E-state index >= 15 is 0 Å². The smallest absolute Gasteiger partial charge is 0.298 e. The number of hydrogen-bond acceptors (Lipinski definition) is 3. The summed E-state index contributed by atoms with van der Waals surface area (Å²) in [7, 11) is 1.48. The molecule has 0 aliphatic rings. The van der Waals surface area contributed by atoms with Gasteiger partial charge in [-0.3, -0.25) is 9.59 Å². The molecule has 0 spiro atoms. The molecule has 0 saturated heterocycles. The number of aryl methyl sites for hydroxylation is 1. The van der Waals surface area contributed by atoms with E-state index in [0.717, 1.165) is 12.5 Å². The van der Waals surface area contributed by atoms with Crippen LogP contribution in [0.3, 0.4) is 0 Å². The molecule has 0 heterocycles. The monoisotopic (exact) mass is 470 g/mol. The maximum atomic E-state index is 14.1. The third-order valence-corrected chi connectivity index (χ3v) is 5.41. The SMILES string of the molecule is Cc1ccc(F)c(N(C)C(=O)c2ccc(NC(=O)Cc3ccc(C(F)(F)C(C)O)cc3)cc2)c1. The van der Waals surface area contributed by atoms with Crippen molar-refractivity contribution in [1.82, 2.24) is 0 Å². The van der Waals surface area contributed by atoms with Gasteiger partial charge in [-0.15, -0.1) is 0 Å². The lowest BCUT2D eigenvalue weighted by atomic mass is 10.0. The molecule has 1 unspecified atom stereocenters. The van der Waals surface area contributed by atoms with Gasteiger partial charge in [0.05, 0.1) is 12.1 Å². The van der Waals surface area contributed by atoms with Crippen LogP contribution in [0.25, 0.3) is 0 Å². The Morgan fingerprint density at radius 1 is 1.03 bits per heavy atom. The van der Waals surface area contributed by atoms with Crippen molar-refractivity contribution in [1.29, 1.82) is 0 Å². The molecule has 0 aliphatic carbocycles. The second kappa shape index (κ2) is 10.1. The van der Waals surface area contributed by atoms with E-state index in [4.69, 9.17) is 0 Å². The van der Waals surface area contributed by atoms with Gasteiger partial charge < -0.3 is 15.3 Å². The number of aliphatic hydroxyl groups excluding tert-OH is 1. The second-order valence-corrected chi connectivity index (χ2v) is 8.12. The number of amides is 2. The Morgan fingerprint density at radius 3 is 2.24 bits per heavy atom. The summed E-state index contributed by atoms with van der Waals surface area (Å²) in [6.45, 7) is 2.82. The molecular weight excluding hydrogens is 445 g/mol. The Labute approximate surface area is 195 Å². The van der Waals surface area contributed by atoms with Crippen LogP contribution in [0.2, 0.25) is 0 Å². The number of carbonyl (C=O) groups is 2. The Hall–Kier alpha value is -3.65. The predicted molar refractivity (Wildman–Crippen MR) is 125 cm³/mol. The van der Waals surface area contributed by atoms with Crippen LogP contribution in [0.1, 0.15) is 34.0 Å². The van der Waals surface area contributed by atoms with Crippen LogP contribution in [-0.4, -0.2) is 30.1 Å². The molecule has 0 bridgehead atoms. The van der Waals surface area contributed by atoms with Crippen molar-refractivity contribution >= 4 is 23.2 Å². The molecule has 0 aromatic heterocycles. The van der Waals surface area contributed by atoms with Gasteiger partial charge in [-0.2, -0.15) is 8.78 Å². The van der Waals surface area contributed by atoms with E-state index in [1.165, 1.54) is 54.4 Å². The highest BCUT2D eigenvalue weighted by atomic mass is 19.3. The normalized spacial score (nSPS) is 12.2. The van der Waals surface area contributed by atoms with E-state index < -0.39 is 23.8 Å². The highest BCUT2D eigenvalue weighted by molar-refractivity contribution is 6.06. The zero-order valence-corrected chi connectivity index (χ0v) is 19.0. The van der Waals surface area contributed by atoms with Crippen molar-refractivity contribution in [2.45, 2.75) is 32.3 Å². The first-order valence-corrected chi connectivity index (χ1v) is 10.6. The van der Waals surface area contributed by atoms with Crippen LogP contribution in [-0.2, 0) is 17.1 Å². The maximum absolute atomic E-state index is 14.1. The first kappa shape index (κ1) is 25.0. The molecule has 0 fully saturated rings. The zero-order valence-electron chi connectivity index (χ0n) is 19.0. The van der Waals surface area contributed by atoms with Crippen molar-refractivity contribution in [2.24, 2.45) is 0 Å². The van der Waals surface area contributed by atoms with Gasteiger partial charge in [-0.1, -0.05) is 30.3 Å². The van der Waals surface area contributed by atoms with Crippen molar-refractivity contribution in [3.8, 4) is 0 Å². The molecule has 0 radical (unpaired) electrons. The van der Waals surface area contributed by atoms with Crippen LogP contribution in [0.15, 0.2) is 66.7 Å². The molecule has 34 heavy (non-hydrogen) atoms. The minimum Gasteiger partial charge on any atom is -0.387 e. The number of rotatable bonds is 7. The molecule has 2 amide bonds. The van der Waals surface area contributed by atoms with Gasteiger partial charge in [0.25, 0.3) is 11.8 Å². The summed E-state index contributed by atoms with van der Waals surface area (Å²) in [6, 6.07) is 15.8. The lowest BCUT2D eigenvalue weighted by Crippen LogP contribution is -2.27. The van der Waals surface area contributed by atoms with Crippen LogP contribution in [0.4, 0.5) is 24.5 Å². The largest absolute Gasteiger partial charge is 0.387 e. The van der Waals surface area contributed by atoms with Crippen LogP contribution in [0, 0.1) is 12.7 Å². The summed E-state index contributed by atoms with van der Waals surface area (Å²) >= 11 is 0. The van der Waals surface area contributed by atoms with E-state index in [-0.39, 0.29) is 23.6 Å². The maximum Gasteiger partial charge on any atom is 0.298 e. The number of hydrogen-bond donors (Lipinski definition) is 2. The Balaban J connectivity index is 1.62. The summed E-state index contributed by atoms with van der Waals surface area (Å²) in [5, 5.41) is 11.9. The van der Waals surface area contributed by atoms with Crippen molar-refractivity contribution in [3.05, 3.63) is 94.8 Å². The summed E-state index contributed by atoms with van der Waals surface area (Å²) in [6.07, 6.45) is -1.87. The topological polar surface area (TPSA) is 69.6 Å². The molecule has 0 saturated carbocycles. The van der Waals surface area contributed by atoms with Gasteiger partial charge in [-0.05, 0) is 61.4 Å². The third-order valence-electron chi connectivity index (χ3n) is 5.41. The van der Waals surface area contributed by atoms with Crippen molar-refractivity contribution in [3.63, 3.8) is 0 Å². The Kier molecular flexibility index (Phi) is 7.41. The highest BCUT2D eigenvalue weighted by Crippen LogP contribution is 2.31. The predicted octanol–water partition coefficient (Wildman–Crippen LogP) is 5.06. The fourth-order valence-electron chi connectivity index (χ4n) is 3.36. The standard InChI is InChI=1S/C26H25F3N2O3/c1-16-4-13-22(27)23(14-16)31(3)25(34)19-7-11-21(12-8-19)30-24(33)15-18-5-9-20(10-6-18)26(28,29)17(2)32/h4-14,17,32H,15H2,1-3H3,(H,30,33). The van der Waals surface area contributed by atoms with Crippen LogP contribution < -0.4 is 10.2 Å². The Morgan fingerprint density at radius 2 is 1.65 bits per heavy atom. The molecule has 5 nitrogen and oxygen atoms in total. The third kappa shape index (κ3) is 5.63. The first-order chi connectivity index (χ1) is 16.0. The molecule has 2 N–H and O–H groups in total. The number of nitrogens with one attached hydrogen (secondary N) is 1. The van der Waals surface area contributed by atoms with Gasteiger partial charge in [0.1, 0.15) is 11.9 Å². The minimum absolute atomic E-state index is 0.0451. The number of benzene rings is 3. The van der Waals surface area contributed by atoms with Crippen molar-refractivity contribution in [2.75, 3.05) is 17.3 Å². The molecule has 178 valence electrons.